The molecule has 1 rings (SSSR count). The first-order valence-electron chi connectivity index (χ1n) is 5.87. The summed E-state index contributed by atoms with van der Waals surface area (Å²) in [7, 11) is 1.89. The lowest BCUT2D eigenvalue weighted by Crippen LogP contribution is -2.38. The Labute approximate surface area is 108 Å². The molecule has 4 nitrogen and oxygen atoms in total. The first-order valence-corrected chi connectivity index (χ1v) is 6.25. The van der Waals surface area contributed by atoms with Crippen molar-refractivity contribution < 1.29 is 5.11 Å². The van der Waals surface area contributed by atoms with Crippen molar-refractivity contribution in [3.63, 3.8) is 0 Å². The van der Waals surface area contributed by atoms with Crippen molar-refractivity contribution in [3.05, 3.63) is 16.4 Å². The summed E-state index contributed by atoms with van der Waals surface area (Å²) < 4.78 is 1.81. The van der Waals surface area contributed by atoms with Crippen molar-refractivity contribution in [1.29, 1.82) is 0 Å². The molecular weight excluding hydrogens is 238 g/mol. The van der Waals surface area contributed by atoms with Gasteiger partial charge in [-0.1, -0.05) is 18.5 Å². The second-order valence-electron chi connectivity index (χ2n) is 5.09. The lowest BCUT2D eigenvalue weighted by atomic mass is 10.1. The molecule has 0 spiro atoms. The van der Waals surface area contributed by atoms with Gasteiger partial charge in [0.15, 0.2) is 0 Å². The van der Waals surface area contributed by atoms with Gasteiger partial charge in [0.05, 0.1) is 22.0 Å². The normalized spacial score (nSPS) is 12.5. The number of aliphatic hydroxyl groups is 1. The van der Waals surface area contributed by atoms with Gasteiger partial charge in [0.25, 0.3) is 0 Å². The van der Waals surface area contributed by atoms with Crippen molar-refractivity contribution in [3.8, 4) is 0 Å². The Balaban J connectivity index is 2.81. The third-order valence-corrected chi connectivity index (χ3v) is 3.18. The molecule has 0 bridgehead atoms. The van der Waals surface area contributed by atoms with Gasteiger partial charge in [-0.05, 0) is 27.3 Å². The Bertz CT molecular complexity index is 382. The van der Waals surface area contributed by atoms with E-state index in [4.69, 9.17) is 11.6 Å². The van der Waals surface area contributed by atoms with Crippen LogP contribution in [0.4, 0.5) is 0 Å². The van der Waals surface area contributed by atoms with Crippen LogP contribution in [0.25, 0.3) is 0 Å². The van der Waals surface area contributed by atoms with Gasteiger partial charge in [-0.15, -0.1) is 0 Å². The molecule has 0 aliphatic heterocycles. The SMILES string of the molecule is CCN(Cc1c(Cl)c(C)nn1C)CC(C)(C)O. The highest BCUT2D eigenvalue weighted by molar-refractivity contribution is 6.31. The molecule has 0 aromatic carbocycles. The summed E-state index contributed by atoms with van der Waals surface area (Å²) in [4.78, 5) is 2.16. The van der Waals surface area contributed by atoms with Crippen LogP contribution in [0.5, 0.6) is 0 Å². The zero-order valence-corrected chi connectivity index (χ0v) is 12.0. The molecule has 0 unspecified atom stereocenters. The van der Waals surface area contributed by atoms with Gasteiger partial charge in [-0.2, -0.15) is 5.10 Å². The topological polar surface area (TPSA) is 41.3 Å². The largest absolute Gasteiger partial charge is 0.389 e. The monoisotopic (exact) mass is 259 g/mol. The lowest BCUT2D eigenvalue weighted by Gasteiger charge is -2.27. The van der Waals surface area contributed by atoms with Crippen molar-refractivity contribution in [2.24, 2.45) is 7.05 Å². The fraction of sp³-hybridized carbons (Fsp3) is 0.750. The summed E-state index contributed by atoms with van der Waals surface area (Å²) in [5.74, 6) is 0. The highest BCUT2D eigenvalue weighted by Gasteiger charge is 2.20. The average Bonchev–Trinajstić information content (AvgIpc) is 2.42. The zero-order valence-electron chi connectivity index (χ0n) is 11.3. The van der Waals surface area contributed by atoms with Crippen molar-refractivity contribution in [2.45, 2.75) is 39.8 Å². The second kappa shape index (κ2) is 5.38. The van der Waals surface area contributed by atoms with Crippen LogP contribution < -0.4 is 0 Å². The van der Waals surface area contributed by atoms with Gasteiger partial charge in [-0.25, -0.2) is 0 Å². The predicted molar refractivity (Wildman–Crippen MR) is 70.2 cm³/mol. The van der Waals surface area contributed by atoms with Gasteiger partial charge in [0.2, 0.25) is 0 Å². The van der Waals surface area contributed by atoms with E-state index >= 15 is 0 Å². The molecular formula is C12H22ClN3O. The molecule has 5 heteroatoms. The summed E-state index contributed by atoms with van der Waals surface area (Å²) in [5, 5.41) is 14.9. The maximum absolute atomic E-state index is 9.84. The van der Waals surface area contributed by atoms with Gasteiger partial charge < -0.3 is 5.11 Å². The Kier molecular flexibility index (Phi) is 4.58. The summed E-state index contributed by atoms with van der Waals surface area (Å²) >= 11 is 6.21. The first-order chi connectivity index (χ1) is 7.74. The van der Waals surface area contributed by atoms with Crippen LogP contribution in [0.2, 0.25) is 5.02 Å². The Morgan fingerprint density at radius 2 is 2.06 bits per heavy atom. The van der Waals surface area contributed by atoms with Crippen LogP contribution in [0.15, 0.2) is 0 Å². The second-order valence-corrected chi connectivity index (χ2v) is 5.46. The van der Waals surface area contributed by atoms with Crippen LogP contribution in [-0.4, -0.2) is 38.5 Å². The highest BCUT2D eigenvalue weighted by atomic mass is 35.5. The number of hydrogen-bond donors (Lipinski definition) is 1. The molecule has 0 aliphatic carbocycles. The lowest BCUT2D eigenvalue weighted by molar-refractivity contribution is 0.0346. The zero-order chi connectivity index (χ0) is 13.2. The highest BCUT2D eigenvalue weighted by Crippen LogP contribution is 2.21. The molecule has 1 aromatic heterocycles. The molecule has 0 saturated heterocycles. The Morgan fingerprint density at radius 3 is 2.41 bits per heavy atom. The van der Waals surface area contributed by atoms with Crippen LogP contribution >= 0.6 is 11.6 Å². The standard InChI is InChI=1S/C12H22ClN3O/c1-6-16(8-12(3,4)17)7-10-11(13)9(2)14-15(10)5/h17H,6-8H2,1-5H3. The Hall–Kier alpha value is -0.580. The molecule has 0 amide bonds. The molecule has 17 heavy (non-hydrogen) atoms. The predicted octanol–water partition coefficient (Wildman–Crippen LogP) is 1.97. The summed E-state index contributed by atoms with van der Waals surface area (Å²) in [6.45, 7) is 9.78. The molecule has 98 valence electrons. The fourth-order valence-corrected chi connectivity index (χ4v) is 2.11. The van der Waals surface area contributed by atoms with Crippen molar-refractivity contribution >= 4 is 11.6 Å². The van der Waals surface area contributed by atoms with E-state index in [0.717, 1.165) is 23.0 Å². The van der Waals surface area contributed by atoms with E-state index in [1.807, 2.05) is 32.5 Å². The van der Waals surface area contributed by atoms with Gasteiger partial charge in [0, 0.05) is 20.1 Å². The van der Waals surface area contributed by atoms with Crippen molar-refractivity contribution in [2.75, 3.05) is 13.1 Å². The summed E-state index contributed by atoms with van der Waals surface area (Å²) in [5.41, 5.74) is 1.15. The molecule has 0 radical (unpaired) electrons. The number of hydrogen-bond acceptors (Lipinski definition) is 3. The quantitative estimate of drug-likeness (QED) is 0.879. The van der Waals surface area contributed by atoms with E-state index in [1.54, 1.807) is 0 Å². The maximum Gasteiger partial charge on any atom is 0.0860 e. The van der Waals surface area contributed by atoms with Crippen LogP contribution in [-0.2, 0) is 13.6 Å². The number of halogens is 1. The van der Waals surface area contributed by atoms with Gasteiger partial charge in [0.1, 0.15) is 0 Å². The van der Waals surface area contributed by atoms with Crippen molar-refractivity contribution in [1.82, 2.24) is 14.7 Å². The van der Waals surface area contributed by atoms with Crippen LogP contribution in [0.3, 0.4) is 0 Å². The van der Waals surface area contributed by atoms with E-state index < -0.39 is 5.60 Å². The number of likely N-dealkylation sites (N-methyl/N-ethyl adjacent to an activating group) is 1. The molecule has 0 aliphatic rings. The first kappa shape index (κ1) is 14.5. The third-order valence-electron chi connectivity index (χ3n) is 2.69. The minimum atomic E-state index is -0.698. The molecule has 0 saturated carbocycles. The number of rotatable bonds is 5. The van der Waals surface area contributed by atoms with E-state index in [2.05, 4.69) is 16.9 Å². The molecule has 1 aromatic rings. The maximum atomic E-state index is 9.84. The molecule has 1 heterocycles. The minimum absolute atomic E-state index is 0.615. The smallest absolute Gasteiger partial charge is 0.0860 e. The minimum Gasteiger partial charge on any atom is -0.389 e. The number of aryl methyl sites for hydroxylation is 2. The van der Waals surface area contributed by atoms with E-state index in [9.17, 15) is 5.11 Å². The average molecular weight is 260 g/mol. The van der Waals surface area contributed by atoms with Crippen LogP contribution in [0, 0.1) is 6.92 Å². The number of nitrogens with zero attached hydrogens (tertiary/aromatic N) is 3. The van der Waals surface area contributed by atoms with E-state index in [1.165, 1.54) is 0 Å². The van der Waals surface area contributed by atoms with E-state index in [0.29, 0.717) is 13.1 Å². The van der Waals surface area contributed by atoms with Gasteiger partial charge in [-0.3, -0.25) is 9.58 Å². The fourth-order valence-electron chi connectivity index (χ4n) is 1.89. The van der Waals surface area contributed by atoms with E-state index in [-0.39, 0.29) is 0 Å². The molecule has 0 fully saturated rings. The number of aromatic nitrogens is 2. The third kappa shape index (κ3) is 3.98. The summed E-state index contributed by atoms with van der Waals surface area (Å²) in [6, 6.07) is 0. The molecule has 1 N–H and O–H groups in total. The molecule has 0 atom stereocenters. The van der Waals surface area contributed by atoms with Gasteiger partial charge >= 0.3 is 0 Å². The van der Waals surface area contributed by atoms with Crippen LogP contribution in [0.1, 0.15) is 32.2 Å². The summed E-state index contributed by atoms with van der Waals surface area (Å²) in [6.07, 6.45) is 0. The Morgan fingerprint density at radius 1 is 1.47 bits per heavy atom.